The van der Waals surface area contributed by atoms with Gasteiger partial charge in [-0.2, -0.15) is 0 Å². The maximum Gasteiger partial charge on any atom is 0.172 e. The van der Waals surface area contributed by atoms with Crippen LogP contribution in [0.25, 0.3) is 0 Å². The van der Waals surface area contributed by atoms with Crippen LogP contribution in [-0.4, -0.2) is 11.7 Å². The summed E-state index contributed by atoms with van der Waals surface area (Å²) in [5, 5.41) is 9.89. The van der Waals surface area contributed by atoms with Gasteiger partial charge in [-0.3, -0.25) is 0 Å². The van der Waals surface area contributed by atoms with Gasteiger partial charge in [0.25, 0.3) is 0 Å². The Morgan fingerprint density at radius 3 is 2.72 bits per heavy atom. The van der Waals surface area contributed by atoms with Crippen molar-refractivity contribution in [2.24, 2.45) is 11.7 Å². The van der Waals surface area contributed by atoms with Gasteiger partial charge in [0, 0.05) is 6.04 Å². The zero-order valence-corrected chi connectivity index (χ0v) is 12.2. The molecule has 100 valence electrons. The highest BCUT2D eigenvalue weighted by atomic mass is 79.9. The van der Waals surface area contributed by atoms with Gasteiger partial charge in [-0.05, 0) is 59.3 Å². The minimum atomic E-state index is 0.0311. The van der Waals surface area contributed by atoms with Crippen molar-refractivity contribution in [2.45, 2.75) is 38.6 Å². The van der Waals surface area contributed by atoms with Crippen LogP contribution in [0.4, 0.5) is 0 Å². The monoisotopic (exact) mass is 313 g/mol. The van der Waals surface area contributed by atoms with Gasteiger partial charge in [-0.15, -0.1) is 0 Å². The van der Waals surface area contributed by atoms with E-state index in [1.807, 2.05) is 19.1 Å². The first kappa shape index (κ1) is 13.7. The predicted octanol–water partition coefficient (Wildman–Crippen LogP) is 3.74. The lowest BCUT2D eigenvalue weighted by atomic mass is 9.92. The summed E-state index contributed by atoms with van der Waals surface area (Å²) >= 11 is 3.36. The largest absolute Gasteiger partial charge is 0.503 e. The number of rotatable bonds is 4. The summed E-state index contributed by atoms with van der Waals surface area (Å²) in [5.41, 5.74) is 7.36. The molecule has 1 atom stereocenters. The molecule has 1 aromatic carbocycles. The summed E-state index contributed by atoms with van der Waals surface area (Å²) in [6.45, 7) is 2.43. The minimum Gasteiger partial charge on any atom is -0.503 e. The highest BCUT2D eigenvalue weighted by Gasteiger charge is 2.24. The Bertz CT molecular complexity index is 417. The predicted molar refractivity (Wildman–Crippen MR) is 75.9 cm³/mol. The molecule has 1 saturated carbocycles. The number of ether oxygens (including phenoxy) is 1. The van der Waals surface area contributed by atoms with Crippen LogP contribution in [0.3, 0.4) is 0 Å². The molecular weight excluding hydrogens is 294 g/mol. The average molecular weight is 314 g/mol. The number of phenols is 1. The number of phenolic OH excluding ortho intramolecular Hbond substituents is 1. The van der Waals surface area contributed by atoms with Crippen molar-refractivity contribution in [1.82, 2.24) is 0 Å². The normalized spacial score (nSPS) is 17.9. The Balaban J connectivity index is 2.26. The molecule has 0 unspecified atom stereocenters. The highest BCUT2D eigenvalue weighted by Crippen LogP contribution is 2.40. The van der Waals surface area contributed by atoms with Crippen LogP contribution in [0, 0.1) is 5.92 Å². The second-order valence-electron chi connectivity index (χ2n) is 4.85. The molecule has 4 heteroatoms. The van der Waals surface area contributed by atoms with Gasteiger partial charge in [-0.25, -0.2) is 0 Å². The number of hydrogen-bond donors (Lipinski definition) is 2. The molecule has 3 N–H and O–H groups in total. The van der Waals surface area contributed by atoms with Crippen LogP contribution in [0.2, 0.25) is 0 Å². The molecule has 1 aliphatic rings. The topological polar surface area (TPSA) is 55.5 Å². The molecule has 1 aromatic rings. The van der Waals surface area contributed by atoms with E-state index in [-0.39, 0.29) is 11.8 Å². The van der Waals surface area contributed by atoms with Crippen LogP contribution in [0.1, 0.15) is 44.2 Å². The zero-order chi connectivity index (χ0) is 13.1. The number of halogens is 1. The van der Waals surface area contributed by atoms with E-state index < -0.39 is 0 Å². The number of aromatic hydroxyl groups is 1. The van der Waals surface area contributed by atoms with Gasteiger partial charge in [-0.1, -0.05) is 12.8 Å². The van der Waals surface area contributed by atoms with Gasteiger partial charge in [0.1, 0.15) is 0 Å². The van der Waals surface area contributed by atoms with Crippen LogP contribution in [0.15, 0.2) is 16.6 Å². The number of benzene rings is 1. The summed E-state index contributed by atoms with van der Waals surface area (Å²) < 4.78 is 6.09. The molecule has 0 spiro atoms. The van der Waals surface area contributed by atoms with E-state index in [4.69, 9.17) is 10.5 Å². The van der Waals surface area contributed by atoms with Gasteiger partial charge in [0.05, 0.1) is 11.1 Å². The number of hydrogen-bond acceptors (Lipinski definition) is 3. The second-order valence-corrected chi connectivity index (χ2v) is 5.71. The first-order valence-corrected chi connectivity index (χ1v) is 7.33. The molecule has 0 aliphatic heterocycles. The molecule has 0 saturated heterocycles. The lowest BCUT2D eigenvalue weighted by molar-refractivity contribution is 0.316. The van der Waals surface area contributed by atoms with Crippen molar-refractivity contribution in [3.63, 3.8) is 0 Å². The van der Waals surface area contributed by atoms with E-state index in [9.17, 15) is 5.11 Å². The molecule has 1 aliphatic carbocycles. The molecule has 0 amide bonds. The van der Waals surface area contributed by atoms with Gasteiger partial charge < -0.3 is 15.6 Å². The summed E-state index contributed by atoms with van der Waals surface area (Å²) in [7, 11) is 0. The lowest BCUT2D eigenvalue weighted by Gasteiger charge is -2.21. The summed E-state index contributed by atoms with van der Waals surface area (Å²) in [4.78, 5) is 0. The SMILES string of the molecule is CCOc1cc([C@@H](N)C2CCCC2)cc(Br)c1O. The fourth-order valence-corrected chi connectivity index (χ4v) is 3.10. The van der Waals surface area contributed by atoms with Crippen LogP contribution in [-0.2, 0) is 0 Å². The quantitative estimate of drug-likeness (QED) is 0.890. The summed E-state index contributed by atoms with van der Waals surface area (Å²) in [6, 6.07) is 3.80. The Morgan fingerprint density at radius 2 is 2.11 bits per heavy atom. The number of nitrogens with two attached hydrogens (primary N) is 1. The smallest absolute Gasteiger partial charge is 0.172 e. The summed E-state index contributed by atoms with van der Waals surface area (Å²) in [5.74, 6) is 1.21. The van der Waals surface area contributed by atoms with Crippen LogP contribution < -0.4 is 10.5 Å². The van der Waals surface area contributed by atoms with Crippen molar-refractivity contribution in [3.05, 3.63) is 22.2 Å². The van der Waals surface area contributed by atoms with E-state index >= 15 is 0 Å². The van der Waals surface area contributed by atoms with Crippen molar-refractivity contribution in [2.75, 3.05) is 6.61 Å². The van der Waals surface area contributed by atoms with Gasteiger partial charge >= 0.3 is 0 Å². The lowest BCUT2D eigenvalue weighted by Crippen LogP contribution is -2.19. The maximum atomic E-state index is 9.89. The highest BCUT2D eigenvalue weighted by molar-refractivity contribution is 9.10. The molecule has 0 aromatic heterocycles. The van der Waals surface area contributed by atoms with E-state index in [0.29, 0.717) is 22.7 Å². The first-order valence-electron chi connectivity index (χ1n) is 6.54. The third-order valence-corrected chi connectivity index (χ3v) is 4.25. The Labute approximate surface area is 116 Å². The fraction of sp³-hybridized carbons (Fsp3) is 0.571. The molecular formula is C14H20BrNO2. The molecule has 2 rings (SSSR count). The second kappa shape index (κ2) is 5.93. The Kier molecular flexibility index (Phi) is 4.51. The van der Waals surface area contributed by atoms with Crippen molar-refractivity contribution in [1.29, 1.82) is 0 Å². The van der Waals surface area contributed by atoms with E-state index in [2.05, 4.69) is 15.9 Å². The zero-order valence-electron chi connectivity index (χ0n) is 10.7. The molecule has 1 fully saturated rings. The fourth-order valence-electron chi connectivity index (χ4n) is 2.64. The standard InChI is InChI=1S/C14H20BrNO2/c1-2-18-12-8-10(7-11(15)14(12)17)13(16)9-5-3-4-6-9/h7-9,13,17H,2-6,16H2,1H3/t13-/m0/s1. The molecule has 3 nitrogen and oxygen atoms in total. The van der Waals surface area contributed by atoms with E-state index in [0.717, 1.165) is 5.56 Å². The minimum absolute atomic E-state index is 0.0311. The summed E-state index contributed by atoms with van der Waals surface area (Å²) in [6.07, 6.45) is 4.94. The van der Waals surface area contributed by atoms with Crippen molar-refractivity contribution < 1.29 is 9.84 Å². The Morgan fingerprint density at radius 1 is 1.44 bits per heavy atom. The first-order chi connectivity index (χ1) is 8.63. The van der Waals surface area contributed by atoms with E-state index in [1.165, 1.54) is 25.7 Å². The third-order valence-electron chi connectivity index (χ3n) is 3.64. The molecule has 18 heavy (non-hydrogen) atoms. The van der Waals surface area contributed by atoms with Crippen molar-refractivity contribution >= 4 is 15.9 Å². The van der Waals surface area contributed by atoms with Crippen molar-refractivity contribution in [3.8, 4) is 11.5 Å². The molecule has 0 heterocycles. The maximum absolute atomic E-state index is 9.89. The molecule has 0 bridgehead atoms. The molecule has 0 radical (unpaired) electrons. The van der Waals surface area contributed by atoms with Crippen LogP contribution >= 0.6 is 15.9 Å². The van der Waals surface area contributed by atoms with E-state index in [1.54, 1.807) is 0 Å². The van der Waals surface area contributed by atoms with Gasteiger partial charge in [0.15, 0.2) is 11.5 Å². The average Bonchev–Trinajstić information content (AvgIpc) is 2.87. The van der Waals surface area contributed by atoms with Gasteiger partial charge in [0.2, 0.25) is 0 Å². The van der Waals surface area contributed by atoms with Crippen LogP contribution in [0.5, 0.6) is 11.5 Å². The Hall–Kier alpha value is -0.740. The third kappa shape index (κ3) is 2.81.